The largest absolute Gasteiger partial charge is 0.392 e. The lowest BCUT2D eigenvalue weighted by atomic mass is 10.2. The maximum atomic E-state index is 11.3. The number of nitrogens with zero attached hydrogens (tertiary/aromatic N) is 2. The lowest BCUT2D eigenvalue weighted by Crippen LogP contribution is -2.54. The van der Waals surface area contributed by atoms with E-state index < -0.39 is 0 Å². The highest BCUT2D eigenvalue weighted by Gasteiger charge is 2.25. The van der Waals surface area contributed by atoms with Crippen molar-refractivity contribution in [3.8, 4) is 0 Å². The number of thiocarbonyl (C=S) groups is 1. The number of piperazine rings is 1. The summed E-state index contributed by atoms with van der Waals surface area (Å²) in [7, 11) is 1.81. The number of hydrogen-bond acceptors (Lipinski definition) is 3. The Morgan fingerprint density at radius 2 is 2.23 bits per heavy atom. The van der Waals surface area contributed by atoms with Crippen LogP contribution < -0.4 is 5.73 Å². The van der Waals surface area contributed by atoms with Gasteiger partial charge in [0.25, 0.3) is 0 Å². The summed E-state index contributed by atoms with van der Waals surface area (Å²) in [6.07, 6.45) is 0. The molecule has 0 saturated carbocycles. The Hall–Kier alpha value is -0.680. The van der Waals surface area contributed by atoms with E-state index in [1.807, 2.05) is 18.9 Å². The maximum absolute atomic E-state index is 11.3. The highest BCUT2D eigenvalue weighted by molar-refractivity contribution is 7.80. The van der Waals surface area contributed by atoms with E-state index in [0.717, 1.165) is 13.1 Å². The maximum Gasteiger partial charge on any atom is 0.236 e. The second-order valence-electron chi connectivity index (χ2n) is 3.36. The molecule has 1 aliphatic rings. The van der Waals surface area contributed by atoms with Crippen LogP contribution in [0, 0.1) is 0 Å². The van der Waals surface area contributed by atoms with Gasteiger partial charge in [0.1, 0.15) is 0 Å². The van der Waals surface area contributed by atoms with E-state index in [0.29, 0.717) is 11.5 Å². The molecule has 1 amide bonds. The van der Waals surface area contributed by atoms with Crippen LogP contribution in [0.4, 0.5) is 0 Å². The molecule has 1 aliphatic heterocycles. The van der Waals surface area contributed by atoms with Gasteiger partial charge in [0.15, 0.2) is 0 Å². The summed E-state index contributed by atoms with van der Waals surface area (Å²) >= 11 is 4.88. The fourth-order valence-corrected chi connectivity index (χ4v) is 1.44. The molecule has 1 atom stereocenters. The van der Waals surface area contributed by atoms with Gasteiger partial charge in [-0.15, -0.1) is 0 Å². The van der Waals surface area contributed by atoms with Crippen LogP contribution in [0.25, 0.3) is 0 Å². The average Bonchev–Trinajstić information content (AvgIpc) is 2.08. The molecule has 1 heterocycles. The van der Waals surface area contributed by atoms with Crippen LogP contribution in [-0.4, -0.2) is 53.4 Å². The fraction of sp³-hybridized carbons (Fsp3) is 0.750. The molecule has 0 aliphatic carbocycles. The molecular weight excluding hydrogens is 186 g/mol. The van der Waals surface area contributed by atoms with Crippen LogP contribution >= 0.6 is 12.2 Å². The van der Waals surface area contributed by atoms with Gasteiger partial charge in [0, 0.05) is 20.1 Å². The highest BCUT2D eigenvalue weighted by atomic mass is 32.1. The van der Waals surface area contributed by atoms with E-state index in [9.17, 15) is 4.79 Å². The molecule has 2 N–H and O–H groups in total. The summed E-state index contributed by atoms with van der Waals surface area (Å²) in [5.41, 5.74) is 5.51. The van der Waals surface area contributed by atoms with Gasteiger partial charge in [0.2, 0.25) is 5.91 Å². The summed E-state index contributed by atoms with van der Waals surface area (Å²) in [5.74, 6) is 0.134. The lowest BCUT2D eigenvalue weighted by molar-refractivity contribution is -0.134. The first-order valence-electron chi connectivity index (χ1n) is 4.29. The predicted octanol–water partition coefficient (Wildman–Crippen LogP) is -0.565. The first-order chi connectivity index (χ1) is 6.02. The zero-order chi connectivity index (χ0) is 10.0. The zero-order valence-corrected chi connectivity index (χ0v) is 8.80. The van der Waals surface area contributed by atoms with Gasteiger partial charge in [-0.2, -0.15) is 0 Å². The minimum absolute atomic E-state index is 0.0210. The molecule has 0 aromatic carbocycles. The molecule has 0 aromatic rings. The number of amides is 1. The monoisotopic (exact) mass is 201 g/mol. The average molecular weight is 201 g/mol. The van der Waals surface area contributed by atoms with Crippen LogP contribution in [0.3, 0.4) is 0 Å². The Labute approximate surface area is 83.7 Å². The number of nitrogens with two attached hydrogens (primary N) is 1. The minimum Gasteiger partial charge on any atom is -0.392 e. The Kier molecular flexibility index (Phi) is 3.22. The van der Waals surface area contributed by atoms with Crippen molar-refractivity contribution in [3.05, 3.63) is 0 Å². The van der Waals surface area contributed by atoms with Gasteiger partial charge in [-0.05, 0) is 6.92 Å². The Bertz CT molecular complexity index is 231. The van der Waals surface area contributed by atoms with E-state index in [1.54, 1.807) is 4.90 Å². The van der Waals surface area contributed by atoms with Crippen molar-refractivity contribution in [3.63, 3.8) is 0 Å². The highest BCUT2D eigenvalue weighted by Crippen LogP contribution is 2.05. The number of carbonyl (C=O) groups is 1. The second-order valence-corrected chi connectivity index (χ2v) is 3.84. The van der Waals surface area contributed by atoms with Crippen LogP contribution in [-0.2, 0) is 4.79 Å². The van der Waals surface area contributed by atoms with Crippen molar-refractivity contribution in [2.45, 2.75) is 13.0 Å². The normalized spacial score (nSPS) is 21.7. The van der Waals surface area contributed by atoms with E-state index in [2.05, 4.69) is 0 Å². The third-order valence-corrected chi connectivity index (χ3v) is 2.79. The van der Waals surface area contributed by atoms with Crippen LogP contribution in [0.15, 0.2) is 0 Å². The Morgan fingerprint density at radius 1 is 1.62 bits per heavy atom. The molecule has 0 radical (unpaired) electrons. The molecule has 13 heavy (non-hydrogen) atoms. The summed E-state index contributed by atoms with van der Waals surface area (Å²) in [6, 6.07) is 0.0210. The first-order valence-corrected chi connectivity index (χ1v) is 4.70. The van der Waals surface area contributed by atoms with Crippen molar-refractivity contribution in [2.24, 2.45) is 5.73 Å². The third kappa shape index (κ3) is 2.38. The number of rotatable bonds is 2. The standard InChI is InChI=1S/C8H15N3OS/c1-6(8(9)13)11-4-3-10(2)7(12)5-11/h6H,3-5H2,1-2H3,(H2,9,13). The lowest BCUT2D eigenvalue weighted by Gasteiger charge is -2.35. The molecule has 4 nitrogen and oxygen atoms in total. The van der Waals surface area contributed by atoms with Crippen LogP contribution in [0.5, 0.6) is 0 Å². The van der Waals surface area contributed by atoms with Crippen molar-refractivity contribution in [1.29, 1.82) is 0 Å². The van der Waals surface area contributed by atoms with Gasteiger partial charge >= 0.3 is 0 Å². The summed E-state index contributed by atoms with van der Waals surface area (Å²) in [4.78, 5) is 15.5. The number of carbonyl (C=O) groups excluding carboxylic acids is 1. The van der Waals surface area contributed by atoms with E-state index in [4.69, 9.17) is 18.0 Å². The van der Waals surface area contributed by atoms with E-state index in [1.165, 1.54) is 0 Å². The molecule has 0 bridgehead atoms. The number of hydrogen-bond donors (Lipinski definition) is 1. The van der Waals surface area contributed by atoms with Crippen LogP contribution in [0.2, 0.25) is 0 Å². The van der Waals surface area contributed by atoms with Gasteiger partial charge in [-0.3, -0.25) is 9.69 Å². The van der Waals surface area contributed by atoms with Gasteiger partial charge < -0.3 is 10.6 Å². The van der Waals surface area contributed by atoms with Crippen molar-refractivity contribution in [1.82, 2.24) is 9.80 Å². The molecule has 74 valence electrons. The van der Waals surface area contributed by atoms with Crippen LogP contribution in [0.1, 0.15) is 6.92 Å². The van der Waals surface area contributed by atoms with Gasteiger partial charge in [-0.25, -0.2) is 0 Å². The van der Waals surface area contributed by atoms with Crippen molar-refractivity contribution in [2.75, 3.05) is 26.7 Å². The molecule has 0 aromatic heterocycles. The van der Waals surface area contributed by atoms with Crippen molar-refractivity contribution < 1.29 is 4.79 Å². The molecular formula is C8H15N3OS. The molecule has 5 heteroatoms. The fourth-order valence-electron chi connectivity index (χ4n) is 1.29. The van der Waals surface area contributed by atoms with Gasteiger partial charge in [0.05, 0.1) is 17.6 Å². The SMILES string of the molecule is CC(C(N)=S)N1CCN(C)C(=O)C1. The van der Waals surface area contributed by atoms with Crippen molar-refractivity contribution >= 4 is 23.1 Å². The Morgan fingerprint density at radius 3 is 2.69 bits per heavy atom. The molecule has 1 fully saturated rings. The molecule has 1 saturated heterocycles. The first kappa shape index (κ1) is 10.4. The minimum atomic E-state index is 0.0210. The molecule has 1 rings (SSSR count). The van der Waals surface area contributed by atoms with E-state index >= 15 is 0 Å². The summed E-state index contributed by atoms with van der Waals surface area (Å²) in [6.45, 7) is 3.96. The van der Waals surface area contributed by atoms with E-state index in [-0.39, 0.29) is 11.9 Å². The third-order valence-electron chi connectivity index (χ3n) is 2.45. The summed E-state index contributed by atoms with van der Waals surface area (Å²) in [5, 5.41) is 0. The zero-order valence-electron chi connectivity index (χ0n) is 7.99. The number of likely N-dealkylation sites (N-methyl/N-ethyl adjacent to an activating group) is 1. The molecule has 1 unspecified atom stereocenters. The predicted molar refractivity (Wildman–Crippen MR) is 55.5 cm³/mol. The quantitative estimate of drug-likeness (QED) is 0.608. The second kappa shape index (κ2) is 4.02. The summed E-state index contributed by atoms with van der Waals surface area (Å²) < 4.78 is 0. The molecule has 0 spiro atoms. The Balaban J connectivity index is 2.55. The van der Waals surface area contributed by atoms with Gasteiger partial charge in [-0.1, -0.05) is 12.2 Å². The smallest absolute Gasteiger partial charge is 0.236 e. The topological polar surface area (TPSA) is 49.6 Å².